The third-order valence-electron chi connectivity index (χ3n) is 2.79. The minimum Gasteiger partial charge on any atom is -0.358 e. The van der Waals surface area contributed by atoms with Crippen molar-refractivity contribution in [1.29, 1.82) is 0 Å². The van der Waals surface area contributed by atoms with E-state index in [1.807, 2.05) is 42.7 Å². The zero-order valence-electron chi connectivity index (χ0n) is 11.1. The minimum absolute atomic E-state index is 0.0238. The predicted molar refractivity (Wildman–Crippen MR) is 75.5 cm³/mol. The van der Waals surface area contributed by atoms with Crippen LogP contribution in [-0.2, 0) is 4.79 Å². The highest BCUT2D eigenvalue weighted by atomic mass is 32.2. The molecule has 0 spiro atoms. The van der Waals surface area contributed by atoms with Crippen molar-refractivity contribution in [1.82, 2.24) is 20.1 Å². The van der Waals surface area contributed by atoms with Crippen LogP contribution in [0.4, 0.5) is 0 Å². The lowest BCUT2D eigenvalue weighted by Crippen LogP contribution is -2.27. The van der Waals surface area contributed by atoms with Gasteiger partial charge in [0.2, 0.25) is 5.91 Å². The number of nitrogens with one attached hydrogen (secondary N) is 1. The third-order valence-corrected chi connectivity index (χ3v) is 3.85. The summed E-state index contributed by atoms with van der Waals surface area (Å²) in [4.78, 5) is 11.6. The summed E-state index contributed by atoms with van der Waals surface area (Å²) in [7, 11) is 1.63. The molecular weight excluding hydrogens is 260 g/mol. The molecule has 0 fully saturated rings. The van der Waals surface area contributed by atoms with Crippen LogP contribution in [-0.4, -0.2) is 33.0 Å². The van der Waals surface area contributed by atoms with Crippen molar-refractivity contribution in [3.05, 3.63) is 36.2 Å². The van der Waals surface area contributed by atoms with Gasteiger partial charge in [0.1, 0.15) is 6.33 Å². The molecule has 0 saturated heterocycles. The number of para-hydroxylation sites is 1. The number of aryl methyl sites for hydroxylation is 1. The Hall–Kier alpha value is -1.82. The molecule has 19 heavy (non-hydrogen) atoms. The molecule has 0 radical (unpaired) electrons. The van der Waals surface area contributed by atoms with Gasteiger partial charge in [-0.25, -0.2) is 0 Å². The summed E-state index contributed by atoms with van der Waals surface area (Å²) in [6.07, 6.45) is 1.67. The number of amides is 1. The average molecular weight is 276 g/mol. The smallest absolute Gasteiger partial charge is 0.233 e. The fraction of sp³-hybridized carbons (Fsp3) is 0.308. The molecule has 1 aromatic carbocycles. The van der Waals surface area contributed by atoms with Gasteiger partial charge in [0.15, 0.2) is 5.16 Å². The molecule has 0 aliphatic carbocycles. The van der Waals surface area contributed by atoms with Crippen LogP contribution in [0, 0.1) is 6.92 Å². The number of aromatic nitrogens is 3. The number of nitrogens with zero attached hydrogens (tertiary/aromatic N) is 3. The standard InChI is InChI=1S/C13H16N4OS/c1-9-6-4-5-7-11(9)17-8-15-16-13(17)19-10(2)12(18)14-3/h4-8,10H,1-3H3,(H,14,18). The summed E-state index contributed by atoms with van der Waals surface area (Å²) in [6.45, 7) is 3.88. The van der Waals surface area contributed by atoms with Crippen molar-refractivity contribution in [3.63, 3.8) is 0 Å². The van der Waals surface area contributed by atoms with Crippen LogP contribution in [0.2, 0.25) is 0 Å². The fourth-order valence-electron chi connectivity index (χ4n) is 1.72. The van der Waals surface area contributed by atoms with E-state index in [1.165, 1.54) is 11.8 Å². The molecule has 6 heteroatoms. The Morgan fingerprint density at radius 2 is 2.16 bits per heavy atom. The lowest BCUT2D eigenvalue weighted by atomic mass is 10.2. The lowest BCUT2D eigenvalue weighted by Gasteiger charge is -2.11. The average Bonchev–Trinajstić information content (AvgIpc) is 2.86. The molecular formula is C13H16N4OS. The van der Waals surface area contributed by atoms with E-state index in [-0.39, 0.29) is 11.2 Å². The van der Waals surface area contributed by atoms with Crippen LogP contribution >= 0.6 is 11.8 Å². The number of benzene rings is 1. The van der Waals surface area contributed by atoms with E-state index in [1.54, 1.807) is 13.4 Å². The van der Waals surface area contributed by atoms with Crippen molar-refractivity contribution < 1.29 is 4.79 Å². The van der Waals surface area contributed by atoms with Gasteiger partial charge < -0.3 is 5.32 Å². The number of hydrogen-bond donors (Lipinski definition) is 1. The lowest BCUT2D eigenvalue weighted by molar-refractivity contribution is -0.119. The van der Waals surface area contributed by atoms with Crippen molar-refractivity contribution in [2.24, 2.45) is 0 Å². The maximum Gasteiger partial charge on any atom is 0.233 e. The summed E-state index contributed by atoms with van der Waals surface area (Å²) in [6, 6.07) is 8.00. The van der Waals surface area contributed by atoms with Gasteiger partial charge in [0.25, 0.3) is 0 Å². The molecule has 100 valence electrons. The molecule has 1 aromatic heterocycles. The topological polar surface area (TPSA) is 59.8 Å². The molecule has 0 aliphatic rings. The SMILES string of the molecule is CNC(=O)C(C)Sc1nncn1-c1ccccc1C. The zero-order chi connectivity index (χ0) is 13.8. The number of thioether (sulfide) groups is 1. The highest BCUT2D eigenvalue weighted by Gasteiger charge is 2.17. The summed E-state index contributed by atoms with van der Waals surface area (Å²) >= 11 is 1.39. The summed E-state index contributed by atoms with van der Waals surface area (Å²) in [5.74, 6) is -0.0238. The van der Waals surface area contributed by atoms with Gasteiger partial charge >= 0.3 is 0 Å². The van der Waals surface area contributed by atoms with Crippen LogP contribution in [0.25, 0.3) is 5.69 Å². The van der Waals surface area contributed by atoms with Crippen LogP contribution in [0.15, 0.2) is 35.7 Å². The molecule has 2 aromatic rings. The zero-order valence-corrected chi connectivity index (χ0v) is 11.9. The molecule has 0 saturated carbocycles. The van der Waals surface area contributed by atoms with Crippen LogP contribution < -0.4 is 5.32 Å². The van der Waals surface area contributed by atoms with Crippen molar-refractivity contribution in [2.45, 2.75) is 24.3 Å². The molecule has 1 amide bonds. The molecule has 1 N–H and O–H groups in total. The van der Waals surface area contributed by atoms with E-state index in [4.69, 9.17) is 0 Å². The Bertz CT molecular complexity index is 582. The van der Waals surface area contributed by atoms with Crippen molar-refractivity contribution in [3.8, 4) is 5.69 Å². The van der Waals surface area contributed by atoms with Gasteiger partial charge in [-0.05, 0) is 25.5 Å². The van der Waals surface area contributed by atoms with Gasteiger partial charge in [-0.15, -0.1) is 10.2 Å². The van der Waals surface area contributed by atoms with E-state index in [2.05, 4.69) is 15.5 Å². The molecule has 1 unspecified atom stereocenters. The van der Waals surface area contributed by atoms with Crippen LogP contribution in [0.3, 0.4) is 0 Å². The number of carbonyl (C=O) groups excluding carboxylic acids is 1. The predicted octanol–water partition coefficient (Wildman–Crippen LogP) is 1.80. The van der Waals surface area contributed by atoms with E-state index in [9.17, 15) is 4.79 Å². The van der Waals surface area contributed by atoms with Gasteiger partial charge in [-0.2, -0.15) is 0 Å². The highest BCUT2D eigenvalue weighted by molar-refractivity contribution is 8.00. The molecule has 1 atom stereocenters. The Labute approximate surface area is 116 Å². The second-order valence-corrected chi connectivity index (χ2v) is 5.45. The molecule has 5 nitrogen and oxygen atoms in total. The quantitative estimate of drug-likeness (QED) is 0.865. The fourth-order valence-corrected chi connectivity index (χ4v) is 2.61. The Morgan fingerprint density at radius 1 is 1.42 bits per heavy atom. The van der Waals surface area contributed by atoms with Crippen molar-refractivity contribution >= 4 is 17.7 Å². The van der Waals surface area contributed by atoms with Crippen LogP contribution in [0.5, 0.6) is 0 Å². The minimum atomic E-state index is -0.211. The number of rotatable bonds is 4. The molecule has 0 bridgehead atoms. The van der Waals surface area contributed by atoms with Gasteiger partial charge in [-0.3, -0.25) is 9.36 Å². The maximum absolute atomic E-state index is 11.6. The van der Waals surface area contributed by atoms with E-state index >= 15 is 0 Å². The highest BCUT2D eigenvalue weighted by Crippen LogP contribution is 2.25. The number of carbonyl (C=O) groups is 1. The normalized spacial score (nSPS) is 12.2. The van der Waals surface area contributed by atoms with E-state index in [0.717, 1.165) is 11.3 Å². The maximum atomic E-state index is 11.6. The van der Waals surface area contributed by atoms with Gasteiger partial charge in [-0.1, -0.05) is 30.0 Å². The third kappa shape index (κ3) is 2.96. The Morgan fingerprint density at radius 3 is 2.84 bits per heavy atom. The molecule has 1 heterocycles. The second kappa shape index (κ2) is 5.88. The van der Waals surface area contributed by atoms with E-state index in [0.29, 0.717) is 5.16 Å². The second-order valence-electron chi connectivity index (χ2n) is 4.14. The van der Waals surface area contributed by atoms with Crippen LogP contribution in [0.1, 0.15) is 12.5 Å². The van der Waals surface area contributed by atoms with E-state index < -0.39 is 0 Å². The molecule has 2 rings (SSSR count). The first kappa shape index (κ1) is 13.6. The first-order chi connectivity index (χ1) is 9.13. The van der Waals surface area contributed by atoms with Crippen molar-refractivity contribution in [2.75, 3.05) is 7.05 Å². The van der Waals surface area contributed by atoms with Gasteiger partial charge in [0, 0.05) is 7.05 Å². The van der Waals surface area contributed by atoms with Gasteiger partial charge in [0.05, 0.1) is 10.9 Å². The number of hydrogen-bond acceptors (Lipinski definition) is 4. The largest absolute Gasteiger partial charge is 0.358 e. The molecule has 0 aliphatic heterocycles. The monoisotopic (exact) mass is 276 g/mol. The Kier molecular flexibility index (Phi) is 4.21. The summed E-state index contributed by atoms with van der Waals surface area (Å²) in [5, 5.41) is 11.2. The first-order valence-corrected chi connectivity index (χ1v) is 6.85. The first-order valence-electron chi connectivity index (χ1n) is 5.97. The summed E-state index contributed by atoms with van der Waals surface area (Å²) in [5.41, 5.74) is 2.16. The summed E-state index contributed by atoms with van der Waals surface area (Å²) < 4.78 is 1.90. The Balaban J connectivity index is 2.28.